The number of fused-ring (bicyclic) bond motifs is 6. The van der Waals surface area contributed by atoms with Crippen molar-refractivity contribution in [3.8, 4) is 0 Å². The van der Waals surface area contributed by atoms with Crippen molar-refractivity contribution in [1.29, 1.82) is 0 Å². The van der Waals surface area contributed by atoms with Gasteiger partial charge in [0, 0.05) is 5.92 Å². The first-order chi connectivity index (χ1) is 14.3. The lowest BCUT2D eigenvalue weighted by molar-refractivity contribution is 0.204. The summed E-state index contributed by atoms with van der Waals surface area (Å²) in [7, 11) is 0. The predicted molar refractivity (Wildman–Crippen MR) is 122 cm³/mol. The second-order valence-electron chi connectivity index (χ2n) is 7.85. The molecule has 0 amide bonds. The van der Waals surface area contributed by atoms with Gasteiger partial charge in [-0.05, 0) is 49.0 Å². The fourth-order valence-electron chi connectivity index (χ4n) is 4.95. The fraction of sp³-hybridized carbons (Fsp3) is 0.0714. The average Bonchev–Trinajstić information content (AvgIpc) is 2.78. The molecule has 0 bridgehead atoms. The third kappa shape index (κ3) is 2.45. The van der Waals surface area contributed by atoms with E-state index in [2.05, 4.69) is 97.1 Å². The van der Waals surface area contributed by atoms with Crippen molar-refractivity contribution in [3.63, 3.8) is 0 Å². The molecule has 5 aromatic rings. The highest BCUT2D eigenvalue weighted by molar-refractivity contribution is 6.08. The molecule has 0 saturated heterocycles. The molecular weight excluding hydrogens is 352 g/mol. The third-order valence-corrected chi connectivity index (χ3v) is 6.30. The first-order valence-electron chi connectivity index (χ1n) is 10.1. The molecule has 29 heavy (non-hydrogen) atoms. The number of hydrogen-bond acceptors (Lipinski definition) is 1. The van der Waals surface area contributed by atoms with E-state index in [1.165, 1.54) is 49.0 Å². The molecule has 1 N–H and O–H groups in total. The topological polar surface area (TPSA) is 20.2 Å². The van der Waals surface area contributed by atoms with Gasteiger partial charge >= 0.3 is 0 Å². The Morgan fingerprint density at radius 2 is 1.21 bits per heavy atom. The van der Waals surface area contributed by atoms with Crippen molar-refractivity contribution >= 4 is 38.4 Å². The highest BCUT2D eigenvalue weighted by Gasteiger charge is 2.28. The minimum atomic E-state index is -0.541. The number of benzene rings is 5. The van der Waals surface area contributed by atoms with E-state index in [4.69, 9.17) is 0 Å². The number of hydrogen-bond donors (Lipinski definition) is 1. The molecule has 6 rings (SSSR count). The van der Waals surface area contributed by atoms with Gasteiger partial charge in [-0.3, -0.25) is 0 Å². The molecule has 2 atom stereocenters. The van der Waals surface area contributed by atoms with Gasteiger partial charge in [0.2, 0.25) is 0 Å². The minimum absolute atomic E-state index is 0.0792. The van der Waals surface area contributed by atoms with Crippen LogP contribution in [-0.4, -0.2) is 11.2 Å². The Morgan fingerprint density at radius 3 is 2.07 bits per heavy atom. The zero-order chi connectivity index (χ0) is 19.4. The first-order valence-corrected chi connectivity index (χ1v) is 10.1. The molecule has 1 aliphatic rings. The molecule has 0 aliphatic heterocycles. The van der Waals surface area contributed by atoms with Crippen LogP contribution in [0.2, 0.25) is 0 Å². The Balaban J connectivity index is 1.65. The first kappa shape index (κ1) is 16.5. The molecular formula is C28H20O. The minimum Gasteiger partial charge on any atom is -0.388 e. The number of aliphatic hydroxyl groups excluding tert-OH is 1. The maximum Gasteiger partial charge on any atom is 0.0833 e. The smallest absolute Gasteiger partial charge is 0.0833 e. The van der Waals surface area contributed by atoms with Gasteiger partial charge < -0.3 is 5.11 Å². The molecule has 2 unspecified atom stereocenters. The highest BCUT2D eigenvalue weighted by Crippen LogP contribution is 2.41. The number of rotatable bonds is 1. The second kappa shape index (κ2) is 6.30. The molecule has 1 aliphatic carbocycles. The Kier molecular flexibility index (Phi) is 3.59. The zero-order valence-electron chi connectivity index (χ0n) is 15.9. The zero-order valence-corrected chi connectivity index (χ0v) is 15.9. The largest absolute Gasteiger partial charge is 0.388 e. The van der Waals surface area contributed by atoms with Crippen LogP contribution in [0.3, 0.4) is 0 Å². The van der Waals surface area contributed by atoms with Gasteiger partial charge in [0.15, 0.2) is 0 Å². The van der Waals surface area contributed by atoms with Gasteiger partial charge in [0.05, 0.1) is 6.10 Å². The molecule has 0 spiro atoms. The van der Waals surface area contributed by atoms with Crippen LogP contribution in [0.5, 0.6) is 0 Å². The fourth-order valence-corrected chi connectivity index (χ4v) is 4.95. The van der Waals surface area contributed by atoms with Crippen LogP contribution in [0.4, 0.5) is 0 Å². The summed E-state index contributed by atoms with van der Waals surface area (Å²) in [6, 6.07) is 32.2. The van der Waals surface area contributed by atoms with Crippen molar-refractivity contribution in [1.82, 2.24) is 0 Å². The summed E-state index contributed by atoms with van der Waals surface area (Å²) < 4.78 is 0. The highest BCUT2D eigenvalue weighted by atomic mass is 16.3. The van der Waals surface area contributed by atoms with Crippen molar-refractivity contribution in [3.05, 3.63) is 114 Å². The van der Waals surface area contributed by atoms with Crippen LogP contribution in [-0.2, 0) is 0 Å². The lowest BCUT2D eigenvalue weighted by Crippen LogP contribution is -2.21. The second-order valence-corrected chi connectivity index (χ2v) is 7.85. The van der Waals surface area contributed by atoms with Gasteiger partial charge in [0.25, 0.3) is 0 Å². The van der Waals surface area contributed by atoms with E-state index in [-0.39, 0.29) is 5.92 Å². The maximum absolute atomic E-state index is 11.0. The van der Waals surface area contributed by atoms with E-state index in [1.54, 1.807) is 0 Å². The molecule has 0 fully saturated rings. The molecule has 5 aromatic carbocycles. The molecule has 1 nitrogen and oxygen atoms in total. The predicted octanol–water partition coefficient (Wildman–Crippen LogP) is 6.67. The van der Waals surface area contributed by atoms with Gasteiger partial charge in [0.1, 0.15) is 0 Å². The molecule has 0 aromatic heterocycles. The Hall–Kier alpha value is -3.42. The standard InChI is InChI=1S/C28H20O/c29-27-17-16-23-21-9-4-2-7-19(21)13-15-26(23)28(27)25-11-5-10-22-20-8-3-1-6-18(20)12-14-24(22)25/h1-17,27-29H. The SMILES string of the molecule is OC1C=Cc2c(ccc3ccccc23)C1c1cccc2c1ccc1ccccc12. The molecule has 0 radical (unpaired) electrons. The summed E-state index contributed by atoms with van der Waals surface area (Å²) in [6.07, 6.45) is 3.49. The van der Waals surface area contributed by atoms with Crippen LogP contribution >= 0.6 is 0 Å². The molecule has 0 saturated carbocycles. The van der Waals surface area contributed by atoms with Gasteiger partial charge in [-0.25, -0.2) is 0 Å². The van der Waals surface area contributed by atoms with Gasteiger partial charge in [-0.15, -0.1) is 0 Å². The Bertz CT molecular complexity index is 1430. The van der Waals surface area contributed by atoms with Crippen LogP contribution in [0, 0.1) is 0 Å². The molecule has 0 heterocycles. The summed E-state index contributed by atoms with van der Waals surface area (Å²) in [5.74, 6) is -0.0792. The molecule has 138 valence electrons. The van der Waals surface area contributed by atoms with E-state index >= 15 is 0 Å². The average molecular weight is 372 g/mol. The van der Waals surface area contributed by atoms with Gasteiger partial charge in [-0.2, -0.15) is 0 Å². The van der Waals surface area contributed by atoms with E-state index in [0.29, 0.717) is 0 Å². The summed E-state index contributed by atoms with van der Waals surface area (Å²) in [5, 5.41) is 18.5. The summed E-state index contributed by atoms with van der Waals surface area (Å²) in [6.45, 7) is 0. The Morgan fingerprint density at radius 1 is 0.517 bits per heavy atom. The normalized spacial score (nSPS) is 18.4. The van der Waals surface area contributed by atoms with E-state index in [1.807, 2.05) is 6.08 Å². The van der Waals surface area contributed by atoms with Crippen molar-refractivity contribution in [2.45, 2.75) is 12.0 Å². The monoisotopic (exact) mass is 372 g/mol. The quantitative estimate of drug-likeness (QED) is 0.326. The van der Waals surface area contributed by atoms with Crippen LogP contribution in [0.1, 0.15) is 22.6 Å². The summed E-state index contributed by atoms with van der Waals surface area (Å²) in [4.78, 5) is 0. The molecule has 1 heteroatoms. The maximum atomic E-state index is 11.0. The van der Waals surface area contributed by atoms with E-state index in [0.717, 1.165) is 0 Å². The Labute approximate surface area is 169 Å². The van der Waals surface area contributed by atoms with Gasteiger partial charge in [-0.1, -0.05) is 103 Å². The van der Waals surface area contributed by atoms with E-state index in [9.17, 15) is 5.11 Å². The van der Waals surface area contributed by atoms with Crippen molar-refractivity contribution in [2.24, 2.45) is 0 Å². The van der Waals surface area contributed by atoms with Crippen LogP contribution < -0.4 is 0 Å². The van der Waals surface area contributed by atoms with E-state index < -0.39 is 6.10 Å². The van der Waals surface area contributed by atoms with Crippen LogP contribution in [0.25, 0.3) is 38.4 Å². The lowest BCUT2D eigenvalue weighted by atomic mass is 9.77. The van der Waals surface area contributed by atoms with Crippen molar-refractivity contribution in [2.75, 3.05) is 0 Å². The third-order valence-electron chi connectivity index (χ3n) is 6.30. The van der Waals surface area contributed by atoms with Crippen LogP contribution in [0.15, 0.2) is 97.1 Å². The summed E-state index contributed by atoms with van der Waals surface area (Å²) >= 11 is 0. The summed E-state index contributed by atoms with van der Waals surface area (Å²) in [5.41, 5.74) is 3.59. The van der Waals surface area contributed by atoms with Crippen molar-refractivity contribution < 1.29 is 5.11 Å². The number of aliphatic hydroxyl groups is 1. The lowest BCUT2D eigenvalue weighted by Gasteiger charge is -2.29.